The van der Waals surface area contributed by atoms with Gasteiger partial charge in [0, 0.05) is 31.5 Å². The maximum absolute atomic E-state index is 12.5. The number of rotatable bonds is 6. The minimum absolute atomic E-state index is 0.127. The van der Waals surface area contributed by atoms with Crippen LogP contribution in [-0.2, 0) is 4.79 Å². The highest BCUT2D eigenvalue weighted by Gasteiger charge is 2.26. The van der Waals surface area contributed by atoms with E-state index in [1.54, 1.807) is 24.3 Å². The molecule has 2 aromatic carbocycles. The summed E-state index contributed by atoms with van der Waals surface area (Å²) in [6.07, 6.45) is 2.04. The lowest BCUT2D eigenvalue weighted by atomic mass is 10.1. The van der Waals surface area contributed by atoms with Crippen molar-refractivity contribution in [3.05, 3.63) is 59.7 Å². The number of benzene rings is 2. The van der Waals surface area contributed by atoms with Crippen LogP contribution < -0.4 is 15.5 Å². The van der Waals surface area contributed by atoms with E-state index < -0.39 is 5.38 Å². The van der Waals surface area contributed by atoms with Crippen LogP contribution in [0.15, 0.2) is 48.5 Å². The van der Waals surface area contributed by atoms with Crippen molar-refractivity contribution in [2.24, 2.45) is 0 Å². The highest BCUT2D eigenvalue weighted by atomic mass is 35.5. The number of amides is 2. The Hall–Kier alpha value is -2.53. The predicted octanol–water partition coefficient (Wildman–Crippen LogP) is 3.56. The van der Waals surface area contributed by atoms with Crippen LogP contribution in [0.5, 0.6) is 0 Å². The van der Waals surface area contributed by atoms with Crippen LogP contribution in [0.4, 0.5) is 11.4 Å². The maximum Gasteiger partial charge on any atom is 0.253 e. The van der Waals surface area contributed by atoms with Gasteiger partial charge in [0.1, 0.15) is 5.38 Å². The monoisotopic (exact) mass is 371 g/mol. The molecule has 1 saturated carbocycles. The standard InChI is InChI=1S/C20H22ClN3O2/c1-24(2)17-11-10-15(12-16(17)19(25)22-14-8-9-14)23-20(26)18(21)13-6-4-3-5-7-13/h3-7,10-12,14,18H,8-9H2,1-2H3,(H,22,25)(H,23,26)/t18-/m0/s1. The number of alkyl halides is 1. The topological polar surface area (TPSA) is 61.4 Å². The average molecular weight is 372 g/mol. The van der Waals surface area contributed by atoms with Crippen LogP contribution in [0.25, 0.3) is 0 Å². The third-order valence-corrected chi connectivity index (χ3v) is 4.68. The van der Waals surface area contributed by atoms with Crippen molar-refractivity contribution in [1.82, 2.24) is 5.32 Å². The minimum atomic E-state index is -0.798. The Labute approximate surface area is 158 Å². The molecule has 26 heavy (non-hydrogen) atoms. The molecule has 2 amide bonds. The van der Waals surface area contributed by atoms with Gasteiger partial charge in [-0.2, -0.15) is 0 Å². The van der Waals surface area contributed by atoms with E-state index in [4.69, 9.17) is 11.6 Å². The Kier molecular flexibility index (Phi) is 5.47. The fourth-order valence-corrected chi connectivity index (χ4v) is 2.86. The van der Waals surface area contributed by atoms with Crippen LogP contribution in [0.2, 0.25) is 0 Å². The SMILES string of the molecule is CN(C)c1ccc(NC(=O)[C@@H](Cl)c2ccccc2)cc1C(=O)NC1CC1. The third-order valence-electron chi connectivity index (χ3n) is 4.23. The minimum Gasteiger partial charge on any atom is -0.377 e. The van der Waals surface area contributed by atoms with Gasteiger partial charge in [0.15, 0.2) is 0 Å². The zero-order valence-electron chi connectivity index (χ0n) is 14.8. The average Bonchev–Trinajstić information content (AvgIpc) is 3.45. The molecular weight excluding hydrogens is 350 g/mol. The molecule has 0 saturated heterocycles. The largest absolute Gasteiger partial charge is 0.377 e. The zero-order valence-corrected chi connectivity index (χ0v) is 15.6. The molecular formula is C20H22ClN3O2. The normalized spacial score (nSPS) is 14.4. The van der Waals surface area contributed by atoms with E-state index in [1.807, 2.05) is 43.3 Å². The first-order valence-corrected chi connectivity index (χ1v) is 9.01. The number of hydrogen-bond donors (Lipinski definition) is 2. The molecule has 5 nitrogen and oxygen atoms in total. The number of hydrogen-bond acceptors (Lipinski definition) is 3. The van der Waals surface area contributed by atoms with E-state index in [1.165, 1.54) is 0 Å². The van der Waals surface area contributed by atoms with E-state index >= 15 is 0 Å². The lowest BCUT2D eigenvalue weighted by Gasteiger charge is -2.19. The molecule has 0 bridgehead atoms. The van der Waals surface area contributed by atoms with E-state index in [-0.39, 0.29) is 17.9 Å². The number of carbonyl (C=O) groups is 2. The van der Waals surface area contributed by atoms with Crippen molar-refractivity contribution in [3.8, 4) is 0 Å². The summed E-state index contributed by atoms with van der Waals surface area (Å²) in [6.45, 7) is 0. The number of carbonyl (C=O) groups excluding carboxylic acids is 2. The molecule has 0 aliphatic heterocycles. The van der Waals surface area contributed by atoms with Gasteiger partial charge in [0.25, 0.3) is 5.91 Å². The van der Waals surface area contributed by atoms with Gasteiger partial charge in [-0.15, -0.1) is 11.6 Å². The number of nitrogens with one attached hydrogen (secondary N) is 2. The summed E-state index contributed by atoms with van der Waals surface area (Å²) in [5, 5.41) is 4.99. The Morgan fingerprint density at radius 3 is 2.42 bits per heavy atom. The first-order chi connectivity index (χ1) is 12.5. The molecule has 0 spiro atoms. The fraction of sp³-hybridized carbons (Fsp3) is 0.300. The zero-order chi connectivity index (χ0) is 18.7. The van der Waals surface area contributed by atoms with Gasteiger partial charge < -0.3 is 15.5 Å². The van der Waals surface area contributed by atoms with E-state index in [0.717, 1.165) is 24.1 Å². The molecule has 0 aromatic heterocycles. The molecule has 1 aliphatic rings. The lowest BCUT2D eigenvalue weighted by molar-refractivity contribution is -0.116. The maximum atomic E-state index is 12.5. The Bertz CT molecular complexity index is 804. The molecule has 2 N–H and O–H groups in total. The molecule has 1 atom stereocenters. The Morgan fingerprint density at radius 2 is 1.81 bits per heavy atom. The van der Waals surface area contributed by atoms with Crippen LogP contribution in [0.3, 0.4) is 0 Å². The molecule has 6 heteroatoms. The van der Waals surface area contributed by atoms with E-state index in [0.29, 0.717) is 11.3 Å². The number of nitrogens with zero attached hydrogens (tertiary/aromatic N) is 1. The summed E-state index contributed by atoms with van der Waals surface area (Å²) in [5.41, 5.74) is 2.60. The van der Waals surface area contributed by atoms with Crippen molar-refractivity contribution in [3.63, 3.8) is 0 Å². The molecule has 2 aromatic rings. The lowest BCUT2D eigenvalue weighted by Crippen LogP contribution is -2.27. The molecule has 3 rings (SSSR count). The van der Waals surface area contributed by atoms with Crippen molar-refractivity contribution in [1.29, 1.82) is 0 Å². The summed E-state index contributed by atoms with van der Waals surface area (Å²) in [4.78, 5) is 26.9. The second-order valence-corrected chi connectivity index (χ2v) is 7.07. The van der Waals surface area contributed by atoms with E-state index in [9.17, 15) is 9.59 Å². The van der Waals surface area contributed by atoms with Crippen molar-refractivity contribution < 1.29 is 9.59 Å². The van der Waals surface area contributed by atoms with Gasteiger partial charge in [-0.3, -0.25) is 9.59 Å². The van der Waals surface area contributed by atoms with Gasteiger partial charge in [-0.1, -0.05) is 30.3 Å². The van der Waals surface area contributed by atoms with Crippen LogP contribution in [-0.4, -0.2) is 32.0 Å². The molecule has 0 heterocycles. The van der Waals surface area contributed by atoms with Gasteiger partial charge in [-0.25, -0.2) is 0 Å². The van der Waals surface area contributed by atoms with Crippen LogP contribution in [0.1, 0.15) is 34.1 Å². The second-order valence-electron chi connectivity index (χ2n) is 6.64. The Morgan fingerprint density at radius 1 is 1.12 bits per heavy atom. The molecule has 1 fully saturated rings. The number of halogens is 1. The highest BCUT2D eigenvalue weighted by molar-refractivity contribution is 6.32. The molecule has 0 radical (unpaired) electrons. The molecule has 136 valence electrons. The quantitative estimate of drug-likeness (QED) is 0.763. The first kappa shape index (κ1) is 18.3. The third kappa shape index (κ3) is 4.35. The predicted molar refractivity (Wildman–Crippen MR) is 105 cm³/mol. The van der Waals surface area contributed by atoms with Crippen molar-refractivity contribution >= 4 is 34.8 Å². The summed E-state index contributed by atoms with van der Waals surface area (Å²) in [6, 6.07) is 14.7. The highest BCUT2D eigenvalue weighted by Crippen LogP contribution is 2.27. The summed E-state index contributed by atoms with van der Waals surface area (Å²) < 4.78 is 0. The van der Waals surface area contributed by atoms with Crippen LogP contribution >= 0.6 is 11.6 Å². The molecule has 1 aliphatic carbocycles. The smallest absolute Gasteiger partial charge is 0.253 e. The van der Waals surface area contributed by atoms with Gasteiger partial charge in [-0.05, 0) is 36.6 Å². The first-order valence-electron chi connectivity index (χ1n) is 8.58. The van der Waals surface area contributed by atoms with Crippen molar-refractivity contribution in [2.75, 3.05) is 24.3 Å². The fourth-order valence-electron chi connectivity index (χ4n) is 2.66. The van der Waals surface area contributed by atoms with Crippen molar-refractivity contribution in [2.45, 2.75) is 24.3 Å². The van der Waals surface area contributed by atoms with Crippen LogP contribution in [0, 0.1) is 0 Å². The van der Waals surface area contributed by atoms with Gasteiger partial charge >= 0.3 is 0 Å². The summed E-state index contributed by atoms with van der Waals surface area (Å²) in [5.74, 6) is -0.457. The van der Waals surface area contributed by atoms with Gasteiger partial charge in [0.2, 0.25) is 5.91 Å². The summed E-state index contributed by atoms with van der Waals surface area (Å²) in [7, 11) is 3.76. The number of anilines is 2. The second kappa shape index (κ2) is 7.79. The Balaban J connectivity index is 1.79. The van der Waals surface area contributed by atoms with Gasteiger partial charge in [0.05, 0.1) is 5.56 Å². The molecule has 0 unspecified atom stereocenters. The summed E-state index contributed by atoms with van der Waals surface area (Å²) >= 11 is 6.27. The van der Waals surface area contributed by atoms with E-state index in [2.05, 4.69) is 10.6 Å².